The molecule has 1 unspecified atom stereocenters. The molecular weight excluding hydrogens is 446 g/mol. The lowest BCUT2D eigenvalue weighted by Crippen LogP contribution is -2.48. The van der Waals surface area contributed by atoms with E-state index in [0.29, 0.717) is 16.5 Å². The Morgan fingerprint density at radius 3 is 2.65 bits per heavy atom. The fourth-order valence-corrected chi connectivity index (χ4v) is 5.87. The van der Waals surface area contributed by atoms with Gasteiger partial charge >= 0.3 is 0 Å². The van der Waals surface area contributed by atoms with Crippen molar-refractivity contribution in [2.75, 3.05) is 23.3 Å². The third-order valence-corrected chi connectivity index (χ3v) is 7.53. The lowest BCUT2D eigenvalue weighted by atomic mass is 9.79. The summed E-state index contributed by atoms with van der Waals surface area (Å²) in [5.41, 5.74) is 5.04. The van der Waals surface area contributed by atoms with Gasteiger partial charge in [0.1, 0.15) is 6.54 Å². The second kappa shape index (κ2) is 9.29. The molecule has 1 fully saturated rings. The van der Waals surface area contributed by atoms with Crippen molar-refractivity contribution in [1.82, 2.24) is 4.90 Å². The molecule has 0 saturated carbocycles. The number of imide groups is 1. The average molecular weight is 478 g/mol. The molecule has 0 spiro atoms. The molecule has 2 aromatic rings. The molecule has 0 aliphatic carbocycles. The van der Waals surface area contributed by atoms with Gasteiger partial charge in [-0.05, 0) is 92.8 Å². The minimum Gasteiger partial charge on any atom is -0.366 e. The first-order valence-electron chi connectivity index (χ1n) is 11.6. The van der Waals surface area contributed by atoms with Crippen LogP contribution in [-0.4, -0.2) is 40.6 Å². The molecule has 1 N–H and O–H groups in total. The fraction of sp³-hybridized carbons (Fsp3) is 0.370. The quantitative estimate of drug-likeness (QED) is 0.553. The number of aryl methyl sites for hydroxylation is 1. The van der Waals surface area contributed by atoms with Gasteiger partial charge in [-0.3, -0.25) is 19.3 Å². The maximum absolute atomic E-state index is 12.9. The van der Waals surface area contributed by atoms with Crippen molar-refractivity contribution >= 4 is 46.3 Å². The van der Waals surface area contributed by atoms with E-state index in [1.807, 2.05) is 31.2 Å². The van der Waals surface area contributed by atoms with Crippen LogP contribution in [0.25, 0.3) is 6.08 Å². The minimum absolute atomic E-state index is 0.0875. The zero-order valence-electron chi connectivity index (χ0n) is 20.3. The average Bonchev–Trinajstić information content (AvgIpc) is 3.02. The number of thioether (sulfide) groups is 1. The van der Waals surface area contributed by atoms with Crippen LogP contribution in [0.5, 0.6) is 0 Å². The highest BCUT2D eigenvalue weighted by Crippen LogP contribution is 2.44. The van der Waals surface area contributed by atoms with E-state index in [2.05, 4.69) is 50.0 Å². The Bertz CT molecular complexity index is 1190. The number of hydrogen-bond acceptors (Lipinski definition) is 5. The number of carbonyl (C=O) groups is 3. The highest BCUT2D eigenvalue weighted by atomic mass is 32.2. The Hall–Kier alpha value is -3.06. The third-order valence-electron chi connectivity index (χ3n) is 6.62. The molecule has 0 bridgehead atoms. The van der Waals surface area contributed by atoms with Crippen LogP contribution in [-0.2, 0) is 9.59 Å². The van der Waals surface area contributed by atoms with Crippen molar-refractivity contribution in [3.63, 3.8) is 0 Å². The summed E-state index contributed by atoms with van der Waals surface area (Å²) in [6.07, 6.45) is 2.80. The topological polar surface area (TPSA) is 69.7 Å². The molecule has 34 heavy (non-hydrogen) atoms. The predicted octanol–water partition coefficient (Wildman–Crippen LogP) is 5.78. The fourth-order valence-electron chi connectivity index (χ4n) is 5.03. The lowest BCUT2D eigenvalue weighted by Gasteiger charge is -2.47. The van der Waals surface area contributed by atoms with Crippen LogP contribution < -0.4 is 10.2 Å². The number of anilines is 2. The van der Waals surface area contributed by atoms with E-state index in [4.69, 9.17) is 0 Å². The highest BCUT2D eigenvalue weighted by molar-refractivity contribution is 8.18. The molecule has 0 aromatic heterocycles. The first-order valence-corrected chi connectivity index (χ1v) is 12.4. The second-order valence-corrected chi connectivity index (χ2v) is 10.6. The number of benzene rings is 2. The SMILES string of the molecule is CCN1c2ccc(/C=C3/SC(=O)N(CC(=O)Nc4ccccc4C)C3=O)cc2C(C)CC1(C)C. The van der Waals surface area contributed by atoms with Crippen LogP contribution in [0.3, 0.4) is 0 Å². The van der Waals surface area contributed by atoms with Gasteiger partial charge in [-0.25, -0.2) is 0 Å². The van der Waals surface area contributed by atoms with E-state index in [9.17, 15) is 14.4 Å². The van der Waals surface area contributed by atoms with Gasteiger partial charge in [0.25, 0.3) is 11.1 Å². The van der Waals surface area contributed by atoms with E-state index in [0.717, 1.165) is 40.8 Å². The van der Waals surface area contributed by atoms with Gasteiger partial charge in [0.2, 0.25) is 5.91 Å². The summed E-state index contributed by atoms with van der Waals surface area (Å²) in [6, 6.07) is 13.6. The number of hydrogen-bond donors (Lipinski definition) is 1. The molecule has 7 heteroatoms. The van der Waals surface area contributed by atoms with Gasteiger partial charge in [0.15, 0.2) is 0 Å². The van der Waals surface area contributed by atoms with E-state index >= 15 is 0 Å². The third kappa shape index (κ3) is 4.62. The first kappa shape index (κ1) is 24.1. The maximum atomic E-state index is 12.9. The largest absolute Gasteiger partial charge is 0.366 e. The van der Waals surface area contributed by atoms with Crippen molar-refractivity contribution < 1.29 is 14.4 Å². The zero-order chi connectivity index (χ0) is 24.6. The van der Waals surface area contributed by atoms with Gasteiger partial charge in [0, 0.05) is 23.5 Å². The normalized spacial score (nSPS) is 20.6. The van der Waals surface area contributed by atoms with Crippen molar-refractivity contribution in [3.05, 3.63) is 64.1 Å². The Balaban J connectivity index is 1.52. The van der Waals surface area contributed by atoms with Gasteiger partial charge in [-0.1, -0.05) is 31.2 Å². The predicted molar refractivity (Wildman–Crippen MR) is 139 cm³/mol. The monoisotopic (exact) mass is 477 g/mol. The summed E-state index contributed by atoms with van der Waals surface area (Å²) in [7, 11) is 0. The number of para-hydroxylation sites is 1. The van der Waals surface area contributed by atoms with Crippen LogP contribution in [0.1, 0.15) is 56.7 Å². The van der Waals surface area contributed by atoms with E-state index < -0.39 is 17.1 Å². The van der Waals surface area contributed by atoms with E-state index in [1.54, 1.807) is 12.1 Å². The van der Waals surface area contributed by atoms with Crippen molar-refractivity contribution in [2.24, 2.45) is 0 Å². The summed E-state index contributed by atoms with van der Waals surface area (Å²) in [5.74, 6) is -0.443. The molecule has 2 heterocycles. The molecule has 2 aliphatic rings. The molecule has 2 aliphatic heterocycles. The molecule has 0 radical (unpaired) electrons. The number of fused-ring (bicyclic) bond motifs is 1. The molecule has 1 saturated heterocycles. The lowest BCUT2D eigenvalue weighted by molar-refractivity contribution is -0.127. The highest BCUT2D eigenvalue weighted by Gasteiger charge is 2.37. The van der Waals surface area contributed by atoms with Gasteiger partial charge < -0.3 is 10.2 Å². The van der Waals surface area contributed by atoms with Crippen LogP contribution in [0.2, 0.25) is 0 Å². The smallest absolute Gasteiger partial charge is 0.294 e. The molecule has 1 atom stereocenters. The van der Waals surface area contributed by atoms with Gasteiger partial charge in [0.05, 0.1) is 4.91 Å². The van der Waals surface area contributed by atoms with Crippen molar-refractivity contribution in [2.45, 2.75) is 52.5 Å². The summed E-state index contributed by atoms with van der Waals surface area (Å²) >= 11 is 0.879. The first-order chi connectivity index (χ1) is 16.1. The number of nitrogens with one attached hydrogen (secondary N) is 1. The Kier molecular flexibility index (Phi) is 6.58. The van der Waals surface area contributed by atoms with E-state index in [-0.39, 0.29) is 12.1 Å². The summed E-state index contributed by atoms with van der Waals surface area (Å²) in [5, 5.41) is 2.35. The van der Waals surface area contributed by atoms with E-state index in [1.165, 1.54) is 11.3 Å². The Morgan fingerprint density at radius 2 is 1.94 bits per heavy atom. The summed E-state index contributed by atoms with van der Waals surface area (Å²) in [4.78, 5) is 41.7. The Morgan fingerprint density at radius 1 is 1.21 bits per heavy atom. The second-order valence-electron chi connectivity index (χ2n) is 9.61. The summed E-state index contributed by atoms with van der Waals surface area (Å²) < 4.78 is 0. The molecule has 4 rings (SSSR count). The van der Waals surface area contributed by atoms with Crippen LogP contribution in [0.15, 0.2) is 47.4 Å². The number of amides is 3. The Labute approximate surface area is 205 Å². The zero-order valence-corrected chi connectivity index (χ0v) is 21.2. The molecular formula is C27H31N3O3S. The van der Waals surface area contributed by atoms with Gasteiger partial charge in [-0.2, -0.15) is 0 Å². The molecule has 6 nitrogen and oxygen atoms in total. The van der Waals surface area contributed by atoms with Crippen LogP contribution in [0, 0.1) is 6.92 Å². The van der Waals surface area contributed by atoms with Crippen molar-refractivity contribution in [1.29, 1.82) is 0 Å². The van der Waals surface area contributed by atoms with Crippen molar-refractivity contribution in [3.8, 4) is 0 Å². The minimum atomic E-state index is -0.433. The maximum Gasteiger partial charge on any atom is 0.294 e. The number of nitrogens with zero attached hydrogens (tertiary/aromatic N) is 2. The molecule has 3 amide bonds. The standard InChI is InChI=1S/C27H31N3O3S/c1-6-30-22-12-11-19(13-20(22)18(3)15-27(30,4)5)14-23-25(32)29(26(33)34-23)16-24(31)28-21-10-8-7-9-17(21)2/h7-14,18H,6,15-16H2,1-5H3,(H,28,31)/b23-14+. The molecule has 178 valence electrons. The number of carbonyl (C=O) groups excluding carboxylic acids is 3. The van der Waals surface area contributed by atoms with Crippen LogP contribution in [0.4, 0.5) is 16.2 Å². The number of rotatable bonds is 5. The van der Waals surface area contributed by atoms with Crippen LogP contribution >= 0.6 is 11.8 Å². The molecule has 2 aromatic carbocycles. The summed E-state index contributed by atoms with van der Waals surface area (Å²) in [6.45, 7) is 11.5. The van der Waals surface area contributed by atoms with Gasteiger partial charge in [-0.15, -0.1) is 0 Å².